The Labute approximate surface area is 117 Å². The lowest BCUT2D eigenvalue weighted by atomic mass is 9.89. The van der Waals surface area contributed by atoms with Crippen LogP contribution in [0.25, 0.3) is 0 Å². The number of urea groups is 1. The summed E-state index contributed by atoms with van der Waals surface area (Å²) in [6.45, 7) is 0.592. The summed E-state index contributed by atoms with van der Waals surface area (Å²) in [6.07, 6.45) is 1.82. The highest BCUT2D eigenvalue weighted by Gasteiger charge is 2.48. The molecule has 0 bridgehead atoms. The van der Waals surface area contributed by atoms with Gasteiger partial charge < -0.3 is 10.6 Å². The maximum absolute atomic E-state index is 12.1. The van der Waals surface area contributed by atoms with Crippen LogP contribution in [0.15, 0.2) is 35.3 Å². The third-order valence-corrected chi connectivity index (χ3v) is 4.93. The van der Waals surface area contributed by atoms with E-state index in [1.807, 2.05) is 47.0 Å². The first kappa shape index (κ1) is 12.5. The Morgan fingerprint density at radius 1 is 1.26 bits per heavy atom. The Morgan fingerprint density at radius 2 is 1.95 bits per heavy atom. The molecule has 1 aromatic rings. The largest absolute Gasteiger partial charge is 0.385 e. The lowest BCUT2D eigenvalue weighted by Gasteiger charge is -2.40. The summed E-state index contributed by atoms with van der Waals surface area (Å²) >= 11 is 1.92. The minimum atomic E-state index is -0.335. The summed E-state index contributed by atoms with van der Waals surface area (Å²) in [6, 6.07) is 9.84. The smallest absolute Gasteiger partial charge is 0.346 e. The Morgan fingerprint density at radius 3 is 2.63 bits per heavy atom. The van der Waals surface area contributed by atoms with E-state index in [4.69, 9.17) is 5.73 Å². The summed E-state index contributed by atoms with van der Waals surface area (Å²) in [7, 11) is 0. The third-order valence-electron chi connectivity index (χ3n) is 3.94. The molecular formula is C14H17N3OS. The monoisotopic (exact) mass is 275 g/mol. The van der Waals surface area contributed by atoms with Crippen molar-refractivity contribution in [2.45, 2.75) is 24.9 Å². The lowest BCUT2D eigenvalue weighted by molar-refractivity contribution is 0.159. The highest BCUT2D eigenvalue weighted by molar-refractivity contribution is 7.99. The van der Waals surface area contributed by atoms with Crippen molar-refractivity contribution < 1.29 is 4.79 Å². The van der Waals surface area contributed by atoms with Crippen molar-refractivity contribution in [1.82, 2.24) is 4.90 Å². The van der Waals surface area contributed by atoms with E-state index >= 15 is 0 Å². The van der Waals surface area contributed by atoms with E-state index in [-0.39, 0.29) is 11.6 Å². The van der Waals surface area contributed by atoms with Crippen LogP contribution >= 0.6 is 11.8 Å². The van der Waals surface area contributed by atoms with Crippen LogP contribution in [0.3, 0.4) is 0 Å². The number of aliphatic imine (C=N–C) groups is 1. The van der Waals surface area contributed by atoms with Gasteiger partial charge in [-0.1, -0.05) is 30.3 Å². The van der Waals surface area contributed by atoms with Gasteiger partial charge in [-0.3, -0.25) is 0 Å². The predicted octanol–water partition coefficient (Wildman–Crippen LogP) is 2.25. The topological polar surface area (TPSA) is 58.7 Å². The number of thioether (sulfide) groups is 1. The van der Waals surface area contributed by atoms with Crippen molar-refractivity contribution >= 4 is 23.6 Å². The first-order valence-corrected chi connectivity index (χ1v) is 7.66. The number of amides is 2. The van der Waals surface area contributed by atoms with E-state index in [2.05, 4.69) is 4.99 Å². The third kappa shape index (κ3) is 2.12. The molecule has 2 amide bonds. The van der Waals surface area contributed by atoms with Gasteiger partial charge in [-0.2, -0.15) is 16.8 Å². The Balaban J connectivity index is 1.88. The molecule has 2 aliphatic rings. The molecule has 5 heteroatoms. The Kier molecular flexibility index (Phi) is 3.22. The van der Waals surface area contributed by atoms with Crippen LogP contribution in [0.1, 0.15) is 18.4 Å². The van der Waals surface area contributed by atoms with Gasteiger partial charge in [0.1, 0.15) is 11.4 Å². The molecule has 0 aliphatic carbocycles. The van der Waals surface area contributed by atoms with Gasteiger partial charge in [-0.15, -0.1) is 0 Å². The van der Waals surface area contributed by atoms with E-state index in [1.54, 1.807) is 0 Å². The van der Waals surface area contributed by atoms with Gasteiger partial charge in [0.2, 0.25) is 0 Å². The molecule has 19 heavy (non-hydrogen) atoms. The molecule has 1 spiro atoms. The quantitative estimate of drug-likeness (QED) is 0.900. The van der Waals surface area contributed by atoms with Crippen LogP contribution < -0.4 is 5.73 Å². The molecule has 1 fully saturated rings. The molecule has 0 unspecified atom stereocenters. The van der Waals surface area contributed by atoms with Crippen LogP contribution in [0.2, 0.25) is 0 Å². The average Bonchev–Trinajstić information content (AvgIpc) is 2.66. The minimum Gasteiger partial charge on any atom is -0.385 e. The van der Waals surface area contributed by atoms with E-state index in [0.717, 1.165) is 29.9 Å². The Bertz CT molecular complexity index is 509. The molecule has 2 N–H and O–H groups in total. The molecule has 4 nitrogen and oxygen atoms in total. The van der Waals surface area contributed by atoms with Gasteiger partial charge >= 0.3 is 6.03 Å². The summed E-state index contributed by atoms with van der Waals surface area (Å²) in [5.41, 5.74) is 6.85. The second kappa shape index (κ2) is 4.89. The fourth-order valence-electron chi connectivity index (χ4n) is 2.81. The Hall–Kier alpha value is -1.49. The van der Waals surface area contributed by atoms with E-state index < -0.39 is 0 Å². The summed E-state index contributed by atoms with van der Waals surface area (Å²) in [5, 5.41) is 0. The van der Waals surface area contributed by atoms with Crippen molar-refractivity contribution in [3.05, 3.63) is 35.9 Å². The zero-order valence-corrected chi connectivity index (χ0v) is 11.5. The van der Waals surface area contributed by atoms with Crippen molar-refractivity contribution in [2.75, 3.05) is 11.5 Å². The van der Waals surface area contributed by atoms with Crippen molar-refractivity contribution in [3.63, 3.8) is 0 Å². The van der Waals surface area contributed by atoms with Gasteiger partial charge in [0.25, 0.3) is 0 Å². The minimum absolute atomic E-state index is 0.187. The van der Waals surface area contributed by atoms with Crippen LogP contribution in [-0.4, -0.2) is 33.8 Å². The van der Waals surface area contributed by atoms with Crippen LogP contribution in [0.4, 0.5) is 4.79 Å². The number of nitrogens with two attached hydrogens (primary N) is 1. The standard InChI is InChI=1S/C14H17N3OS/c15-12-14(6-8-19-9-7-14)17(13(18)16-12)10-11-4-2-1-3-5-11/h1-5H,6-10H2,(H2,15,16,18). The first-order valence-electron chi connectivity index (χ1n) is 6.50. The molecule has 2 aliphatic heterocycles. The number of rotatable bonds is 2. The van der Waals surface area contributed by atoms with Gasteiger partial charge in [0, 0.05) is 6.54 Å². The van der Waals surface area contributed by atoms with Gasteiger partial charge in [-0.25, -0.2) is 4.79 Å². The number of carbonyl (C=O) groups is 1. The average molecular weight is 275 g/mol. The van der Waals surface area contributed by atoms with Gasteiger partial charge in [0.15, 0.2) is 0 Å². The van der Waals surface area contributed by atoms with Crippen LogP contribution in [0.5, 0.6) is 0 Å². The van der Waals surface area contributed by atoms with Crippen LogP contribution in [0, 0.1) is 0 Å². The molecule has 3 rings (SSSR count). The number of nitrogens with zero attached hydrogens (tertiary/aromatic N) is 2. The molecule has 0 aromatic heterocycles. The molecule has 1 saturated heterocycles. The zero-order valence-electron chi connectivity index (χ0n) is 10.7. The van der Waals surface area contributed by atoms with Gasteiger partial charge in [0.05, 0.1) is 0 Å². The normalized spacial score (nSPS) is 21.8. The highest BCUT2D eigenvalue weighted by atomic mass is 32.2. The van der Waals surface area contributed by atoms with Crippen molar-refractivity contribution in [2.24, 2.45) is 10.7 Å². The summed E-state index contributed by atoms with van der Waals surface area (Å²) in [4.78, 5) is 18.0. The van der Waals surface area contributed by atoms with E-state index in [1.165, 1.54) is 0 Å². The predicted molar refractivity (Wildman–Crippen MR) is 78.3 cm³/mol. The number of benzene rings is 1. The second-order valence-electron chi connectivity index (χ2n) is 5.00. The van der Waals surface area contributed by atoms with Crippen molar-refractivity contribution in [3.8, 4) is 0 Å². The summed E-state index contributed by atoms with van der Waals surface area (Å²) < 4.78 is 0. The second-order valence-corrected chi connectivity index (χ2v) is 6.22. The number of carbonyl (C=O) groups excluding carboxylic acids is 1. The molecular weight excluding hydrogens is 258 g/mol. The fourth-order valence-corrected chi connectivity index (χ4v) is 3.98. The highest BCUT2D eigenvalue weighted by Crippen LogP contribution is 2.37. The van der Waals surface area contributed by atoms with E-state index in [9.17, 15) is 4.79 Å². The van der Waals surface area contributed by atoms with E-state index in [0.29, 0.717) is 12.4 Å². The first-order chi connectivity index (χ1) is 9.22. The number of amidine groups is 1. The molecule has 2 heterocycles. The molecule has 1 aromatic carbocycles. The zero-order chi connectivity index (χ0) is 13.3. The number of hydrogen-bond donors (Lipinski definition) is 1. The fraction of sp³-hybridized carbons (Fsp3) is 0.429. The maximum Gasteiger partial charge on any atom is 0.346 e. The molecule has 0 atom stereocenters. The summed E-state index contributed by atoms with van der Waals surface area (Å²) in [5.74, 6) is 2.58. The SMILES string of the molecule is NC1=NC(=O)N(Cc2ccccc2)C12CCSCC2. The molecule has 100 valence electrons. The lowest BCUT2D eigenvalue weighted by Crippen LogP contribution is -2.55. The number of hydrogen-bond acceptors (Lipinski definition) is 3. The van der Waals surface area contributed by atoms with Gasteiger partial charge in [-0.05, 0) is 29.9 Å². The molecule has 0 saturated carbocycles. The molecule has 0 radical (unpaired) electrons. The van der Waals surface area contributed by atoms with Crippen LogP contribution in [-0.2, 0) is 6.54 Å². The van der Waals surface area contributed by atoms with Crippen molar-refractivity contribution in [1.29, 1.82) is 0 Å². The maximum atomic E-state index is 12.1.